The zero-order valence-corrected chi connectivity index (χ0v) is 20.2. The second-order valence-electron chi connectivity index (χ2n) is 9.03. The largest absolute Gasteiger partial charge is 0.495 e. The molecule has 1 aliphatic carbocycles. The van der Waals surface area contributed by atoms with Crippen molar-refractivity contribution in [3.05, 3.63) is 59.2 Å². The number of hydrogen-bond acceptors (Lipinski definition) is 5. The van der Waals surface area contributed by atoms with E-state index >= 15 is 0 Å². The summed E-state index contributed by atoms with van der Waals surface area (Å²) >= 11 is 0. The number of nitrogens with zero attached hydrogens (tertiary/aromatic N) is 2. The fraction of sp³-hybridized carbons (Fsp3) is 0.480. The number of aryl methyl sites for hydroxylation is 1. The highest BCUT2D eigenvalue weighted by Gasteiger charge is 2.28. The number of nitrogens with one attached hydrogen (secondary N) is 1. The Morgan fingerprint density at radius 3 is 2.45 bits per heavy atom. The molecule has 7 nitrogen and oxygen atoms in total. The summed E-state index contributed by atoms with van der Waals surface area (Å²) in [7, 11) is -2.33. The smallest absolute Gasteiger partial charge is 0.253 e. The molecule has 178 valence electrons. The van der Waals surface area contributed by atoms with E-state index in [-0.39, 0.29) is 22.6 Å². The number of rotatable bonds is 7. The van der Waals surface area contributed by atoms with E-state index in [1.54, 1.807) is 17.0 Å². The molecule has 0 bridgehead atoms. The molecule has 33 heavy (non-hydrogen) atoms. The fourth-order valence-electron chi connectivity index (χ4n) is 4.71. The number of carbonyl (C=O) groups excluding carboxylic acids is 1. The van der Waals surface area contributed by atoms with Crippen LogP contribution in [-0.2, 0) is 16.6 Å². The molecule has 0 unspecified atom stereocenters. The Morgan fingerprint density at radius 1 is 1.06 bits per heavy atom. The maximum absolute atomic E-state index is 13.2. The lowest BCUT2D eigenvalue weighted by atomic mass is 10.1. The lowest BCUT2D eigenvalue weighted by Crippen LogP contribution is -2.48. The number of methoxy groups -OCH3 is 1. The van der Waals surface area contributed by atoms with Crippen LogP contribution >= 0.6 is 0 Å². The topological polar surface area (TPSA) is 79.0 Å². The van der Waals surface area contributed by atoms with Crippen LogP contribution in [0.2, 0.25) is 0 Å². The zero-order valence-electron chi connectivity index (χ0n) is 19.4. The van der Waals surface area contributed by atoms with E-state index in [1.165, 1.54) is 24.3 Å². The first-order valence-corrected chi connectivity index (χ1v) is 13.1. The summed E-state index contributed by atoms with van der Waals surface area (Å²) in [4.78, 5) is 17.4. The van der Waals surface area contributed by atoms with Crippen molar-refractivity contribution in [2.45, 2.75) is 50.1 Å². The molecule has 1 heterocycles. The van der Waals surface area contributed by atoms with Crippen molar-refractivity contribution in [1.29, 1.82) is 0 Å². The Morgan fingerprint density at radius 2 is 1.79 bits per heavy atom. The van der Waals surface area contributed by atoms with E-state index in [0.29, 0.717) is 18.7 Å². The summed E-state index contributed by atoms with van der Waals surface area (Å²) in [6.07, 6.45) is 3.73. The van der Waals surface area contributed by atoms with Crippen molar-refractivity contribution in [1.82, 2.24) is 14.5 Å². The van der Waals surface area contributed by atoms with Crippen LogP contribution in [-0.4, -0.2) is 63.5 Å². The summed E-state index contributed by atoms with van der Waals surface area (Å²) in [6, 6.07) is 13.1. The van der Waals surface area contributed by atoms with Crippen LogP contribution in [0.15, 0.2) is 47.4 Å². The average molecular weight is 472 g/mol. The molecular weight excluding hydrogens is 438 g/mol. The third-order valence-electron chi connectivity index (χ3n) is 6.53. The highest BCUT2D eigenvalue weighted by molar-refractivity contribution is 7.89. The van der Waals surface area contributed by atoms with E-state index in [9.17, 15) is 13.2 Å². The molecule has 0 radical (unpaired) electrons. The third-order valence-corrected chi connectivity index (χ3v) is 8.07. The van der Waals surface area contributed by atoms with Gasteiger partial charge in [-0.3, -0.25) is 9.69 Å². The van der Waals surface area contributed by atoms with Crippen LogP contribution in [0.4, 0.5) is 0 Å². The molecule has 2 aromatic rings. The molecule has 4 rings (SSSR count). The van der Waals surface area contributed by atoms with Gasteiger partial charge in [-0.25, -0.2) is 13.1 Å². The lowest BCUT2D eigenvalue weighted by Gasteiger charge is -2.35. The second-order valence-corrected chi connectivity index (χ2v) is 10.7. The van der Waals surface area contributed by atoms with Crippen molar-refractivity contribution in [3.8, 4) is 5.75 Å². The van der Waals surface area contributed by atoms with E-state index in [0.717, 1.165) is 45.3 Å². The minimum absolute atomic E-state index is 0.0285. The molecule has 0 atom stereocenters. The number of benzene rings is 2. The summed E-state index contributed by atoms with van der Waals surface area (Å²) in [5.74, 6) is 0.102. The molecule has 1 aliphatic heterocycles. The average Bonchev–Trinajstić information content (AvgIpc) is 3.31. The lowest BCUT2D eigenvalue weighted by molar-refractivity contribution is 0.0628. The number of piperazine rings is 1. The van der Waals surface area contributed by atoms with Crippen molar-refractivity contribution >= 4 is 15.9 Å². The Kier molecular flexibility index (Phi) is 7.36. The third kappa shape index (κ3) is 5.75. The molecule has 2 aliphatic rings. The van der Waals surface area contributed by atoms with Gasteiger partial charge in [0.25, 0.3) is 5.91 Å². The fourth-order valence-corrected chi connectivity index (χ4v) is 6.21. The first-order valence-electron chi connectivity index (χ1n) is 11.6. The van der Waals surface area contributed by atoms with Crippen molar-refractivity contribution in [2.24, 2.45) is 0 Å². The molecule has 0 aromatic heterocycles. The maximum Gasteiger partial charge on any atom is 0.253 e. The molecule has 1 saturated carbocycles. The van der Waals surface area contributed by atoms with Gasteiger partial charge in [-0.1, -0.05) is 42.7 Å². The molecule has 1 N–H and O–H groups in total. The van der Waals surface area contributed by atoms with Crippen LogP contribution in [0.25, 0.3) is 0 Å². The van der Waals surface area contributed by atoms with Crippen LogP contribution in [0, 0.1) is 6.92 Å². The Bertz CT molecular complexity index is 1090. The molecule has 1 saturated heterocycles. The molecular formula is C25H33N3O4S. The van der Waals surface area contributed by atoms with E-state index in [4.69, 9.17) is 4.74 Å². The van der Waals surface area contributed by atoms with Crippen LogP contribution in [0.3, 0.4) is 0 Å². The normalized spacial score (nSPS) is 17.9. The van der Waals surface area contributed by atoms with Crippen molar-refractivity contribution < 1.29 is 17.9 Å². The molecule has 0 spiro atoms. The summed E-state index contributed by atoms with van der Waals surface area (Å²) in [5, 5.41) is 0. The highest BCUT2D eigenvalue weighted by Crippen LogP contribution is 2.28. The maximum atomic E-state index is 13.2. The SMILES string of the molecule is COc1ccc(C(=O)N2CCN(Cc3cccc(C)c3)CC2)cc1S(=O)(=O)NC1CCCC1. The Hall–Kier alpha value is -2.42. The van der Waals surface area contributed by atoms with Crippen LogP contribution in [0.1, 0.15) is 47.2 Å². The van der Waals surface area contributed by atoms with Gasteiger partial charge in [0.15, 0.2) is 0 Å². The van der Waals surface area contributed by atoms with Gasteiger partial charge in [-0.05, 0) is 43.5 Å². The minimum atomic E-state index is -3.77. The quantitative estimate of drug-likeness (QED) is 0.671. The van der Waals surface area contributed by atoms with Crippen LogP contribution in [0.5, 0.6) is 5.75 Å². The highest BCUT2D eigenvalue weighted by atomic mass is 32.2. The van der Waals surface area contributed by atoms with E-state index in [2.05, 4.69) is 40.8 Å². The predicted octanol–water partition coefficient (Wildman–Crippen LogP) is 3.18. The Balaban J connectivity index is 1.43. The van der Waals surface area contributed by atoms with Gasteiger partial charge in [0.1, 0.15) is 10.6 Å². The first kappa shape index (κ1) is 23.7. The summed E-state index contributed by atoms with van der Waals surface area (Å²) in [6.45, 7) is 5.74. The number of amides is 1. The van der Waals surface area contributed by atoms with Gasteiger partial charge in [-0.2, -0.15) is 0 Å². The predicted molar refractivity (Wildman–Crippen MR) is 128 cm³/mol. The number of ether oxygens (including phenoxy) is 1. The second kappa shape index (κ2) is 10.2. The Labute approximate surface area is 196 Å². The van der Waals surface area contributed by atoms with Crippen LogP contribution < -0.4 is 9.46 Å². The van der Waals surface area contributed by atoms with Gasteiger partial charge in [0, 0.05) is 44.3 Å². The van der Waals surface area contributed by atoms with Gasteiger partial charge in [0.05, 0.1) is 7.11 Å². The zero-order chi connectivity index (χ0) is 23.4. The number of hydrogen-bond donors (Lipinski definition) is 1. The van der Waals surface area contributed by atoms with Gasteiger partial charge in [-0.15, -0.1) is 0 Å². The molecule has 2 aromatic carbocycles. The monoisotopic (exact) mass is 471 g/mol. The van der Waals surface area contributed by atoms with Gasteiger partial charge < -0.3 is 9.64 Å². The number of sulfonamides is 1. The van der Waals surface area contributed by atoms with Crippen molar-refractivity contribution in [2.75, 3.05) is 33.3 Å². The number of carbonyl (C=O) groups is 1. The van der Waals surface area contributed by atoms with E-state index < -0.39 is 10.0 Å². The van der Waals surface area contributed by atoms with Gasteiger partial charge >= 0.3 is 0 Å². The minimum Gasteiger partial charge on any atom is -0.495 e. The van der Waals surface area contributed by atoms with E-state index in [1.807, 2.05) is 0 Å². The first-order chi connectivity index (χ1) is 15.9. The standard InChI is InChI=1S/C25H33N3O4S/c1-19-6-5-7-20(16-19)18-27-12-14-28(15-13-27)25(29)21-10-11-23(32-2)24(17-21)33(30,31)26-22-8-3-4-9-22/h5-7,10-11,16-17,22,26H,3-4,8-9,12-15,18H2,1-2H3. The molecule has 2 fully saturated rings. The molecule has 8 heteroatoms. The summed E-state index contributed by atoms with van der Waals surface area (Å²) in [5.41, 5.74) is 2.89. The summed E-state index contributed by atoms with van der Waals surface area (Å²) < 4.78 is 34.2. The van der Waals surface area contributed by atoms with Crippen molar-refractivity contribution in [3.63, 3.8) is 0 Å². The molecule has 1 amide bonds. The van der Waals surface area contributed by atoms with Gasteiger partial charge in [0.2, 0.25) is 10.0 Å².